The predicted molar refractivity (Wildman–Crippen MR) is 143 cm³/mol. The molecule has 2 amide bonds. The molecule has 1 atom stereocenters. The summed E-state index contributed by atoms with van der Waals surface area (Å²) in [6, 6.07) is 35.7. The Labute approximate surface area is 214 Å². The maximum absolute atomic E-state index is 14.2. The predicted octanol–water partition coefficient (Wildman–Crippen LogP) is 6.81. The van der Waals surface area contributed by atoms with E-state index in [0.29, 0.717) is 27.6 Å². The molecule has 4 aromatic carbocycles. The highest BCUT2D eigenvalue weighted by atomic mass is 35.5. The zero-order valence-corrected chi connectivity index (χ0v) is 20.0. The van der Waals surface area contributed by atoms with E-state index in [-0.39, 0.29) is 11.8 Å². The molecule has 0 saturated heterocycles. The third-order valence-electron chi connectivity index (χ3n) is 6.50. The molecule has 174 valence electrons. The van der Waals surface area contributed by atoms with E-state index in [0.717, 1.165) is 16.8 Å². The van der Waals surface area contributed by atoms with Crippen LogP contribution in [-0.2, 0) is 9.59 Å². The minimum atomic E-state index is -0.452. The Morgan fingerprint density at radius 3 is 1.81 bits per heavy atom. The molecule has 4 aromatic rings. The summed E-state index contributed by atoms with van der Waals surface area (Å²) >= 11 is 6.10. The molecule has 2 aliphatic rings. The molecule has 0 radical (unpaired) electrons. The van der Waals surface area contributed by atoms with Crippen LogP contribution in [0.25, 0.3) is 6.08 Å². The Morgan fingerprint density at radius 2 is 1.19 bits per heavy atom. The van der Waals surface area contributed by atoms with E-state index in [4.69, 9.17) is 11.6 Å². The van der Waals surface area contributed by atoms with Crippen molar-refractivity contribution in [2.45, 2.75) is 6.04 Å². The fourth-order valence-electron chi connectivity index (χ4n) is 4.93. The third-order valence-corrected chi connectivity index (χ3v) is 6.75. The second kappa shape index (κ2) is 8.99. The van der Waals surface area contributed by atoms with Crippen LogP contribution >= 0.6 is 11.6 Å². The van der Waals surface area contributed by atoms with E-state index in [1.807, 2.05) is 109 Å². The molecule has 0 aliphatic carbocycles. The Morgan fingerprint density at radius 1 is 0.639 bits per heavy atom. The van der Waals surface area contributed by atoms with Gasteiger partial charge in [0, 0.05) is 27.5 Å². The van der Waals surface area contributed by atoms with Gasteiger partial charge in [-0.25, -0.2) is 0 Å². The molecule has 36 heavy (non-hydrogen) atoms. The van der Waals surface area contributed by atoms with Crippen molar-refractivity contribution in [1.82, 2.24) is 0 Å². The number of benzene rings is 4. The van der Waals surface area contributed by atoms with Crippen LogP contribution in [0.4, 0.5) is 11.4 Å². The summed E-state index contributed by atoms with van der Waals surface area (Å²) in [5.74, 6) is -0.426. The second-order valence-corrected chi connectivity index (χ2v) is 9.11. The van der Waals surface area contributed by atoms with Crippen LogP contribution in [0.3, 0.4) is 0 Å². The molecule has 2 heterocycles. The van der Waals surface area contributed by atoms with Gasteiger partial charge in [0.25, 0.3) is 11.8 Å². The molecule has 0 unspecified atom stereocenters. The van der Waals surface area contributed by atoms with Crippen molar-refractivity contribution in [2.24, 2.45) is 0 Å². The largest absolute Gasteiger partial charge is 0.295 e. The number of para-hydroxylation sites is 2. The summed E-state index contributed by atoms with van der Waals surface area (Å²) in [5.41, 5.74) is 4.80. The molecule has 0 fully saturated rings. The minimum absolute atomic E-state index is 0.207. The Balaban J connectivity index is 1.61. The van der Waals surface area contributed by atoms with Crippen LogP contribution < -0.4 is 9.80 Å². The Bertz CT molecular complexity index is 1510. The normalized spacial score (nSPS) is 18.4. The quantitative estimate of drug-likeness (QED) is 0.296. The van der Waals surface area contributed by atoms with Gasteiger partial charge in [0.2, 0.25) is 0 Å². The number of anilines is 2. The molecule has 0 spiro atoms. The van der Waals surface area contributed by atoms with E-state index in [1.165, 1.54) is 0 Å². The number of amides is 2. The zero-order chi connectivity index (χ0) is 24.6. The van der Waals surface area contributed by atoms with Crippen molar-refractivity contribution >= 4 is 40.9 Å². The van der Waals surface area contributed by atoms with Gasteiger partial charge in [0.05, 0.1) is 6.04 Å². The van der Waals surface area contributed by atoms with Crippen LogP contribution in [0.5, 0.6) is 0 Å². The van der Waals surface area contributed by atoms with Crippen LogP contribution in [0.1, 0.15) is 17.2 Å². The van der Waals surface area contributed by atoms with Crippen molar-refractivity contribution in [2.75, 3.05) is 9.80 Å². The number of carbonyl (C=O) groups excluding carboxylic acids is 2. The van der Waals surface area contributed by atoms with E-state index in [9.17, 15) is 9.59 Å². The monoisotopic (exact) mass is 488 g/mol. The number of hydrogen-bond donors (Lipinski definition) is 0. The van der Waals surface area contributed by atoms with Gasteiger partial charge in [-0.1, -0.05) is 90.5 Å². The summed E-state index contributed by atoms with van der Waals surface area (Å²) in [6.07, 6.45) is 1.86. The first-order chi connectivity index (χ1) is 17.6. The van der Waals surface area contributed by atoms with Gasteiger partial charge in [-0.2, -0.15) is 0 Å². The molecule has 2 aliphatic heterocycles. The summed E-state index contributed by atoms with van der Waals surface area (Å²) in [6.45, 7) is 0. The number of halogens is 1. The molecular formula is C31H21ClN2O2. The lowest BCUT2D eigenvalue weighted by molar-refractivity contribution is -0.118. The molecule has 0 aromatic heterocycles. The number of nitrogens with zero attached hydrogens (tertiary/aromatic N) is 2. The summed E-state index contributed by atoms with van der Waals surface area (Å²) in [7, 11) is 0. The average Bonchev–Trinajstić information content (AvgIpc) is 3.37. The highest BCUT2D eigenvalue weighted by molar-refractivity contribution is 6.31. The standard InChI is InChI=1S/C31H21ClN2O2/c32-23-18-16-21(17-19-23)20-26-27-28(22-10-4-1-5-11-22)33(24-12-6-2-7-13-24)31(36)29(27)34(30(26)35)25-14-8-3-9-15-25/h1-20,28H/b26-20+/t28-/m1/s1. The fourth-order valence-corrected chi connectivity index (χ4v) is 5.05. The van der Waals surface area contributed by atoms with Gasteiger partial charge in [-0.15, -0.1) is 0 Å². The van der Waals surface area contributed by atoms with Crippen molar-refractivity contribution < 1.29 is 9.59 Å². The first-order valence-electron chi connectivity index (χ1n) is 11.7. The first-order valence-corrected chi connectivity index (χ1v) is 12.1. The second-order valence-electron chi connectivity index (χ2n) is 8.67. The average molecular weight is 489 g/mol. The Kier molecular flexibility index (Phi) is 5.51. The van der Waals surface area contributed by atoms with Gasteiger partial charge < -0.3 is 0 Å². The van der Waals surface area contributed by atoms with Crippen molar-refractivity contribution in [3.63, 3.8) is 0 Å². The maximum atomic E-state index is 14.2. The number of rotatable bonds is 4. The summed E-state index contributed by atoms with van der Waals surface area (Å²) < 4.78 is 0. The van der Waals surface area contributed by atoms with Gasteiger partial charge >= 0.3 is 0 Å². The molecule has 5 heteroatoms. The minimum Gasteiger partial charge on any atom is -0.295 e. The molecular weight excluding hydrogens is 468 g/mol. The molecule has 0 saturated carbocycles. The number of hydrogen-bond acceptors (Lipinski definition) is 2. The molecule has 6 rings (SSSR count). The van der Waals surface area contributed by atoms with Crippen molar-refractivity contribution in [1.29, 1.82) is 0 Å². The van der Waals surface area contributed by atoms with E-state index >= 15 is 0 Å². The lowest BCUT2D eigenvalue weighted by Crippen LogP contribution is -2.38. The van der Waals surface area contributed by atoms with Gasteiger partial charge in [0.1, 0.15) is 5.70 Å². The van der Waals surface area contributed by atoms with E-state index in [1.54, 1.807) is 21.9 Å². The van der Waals surface area contributed by atoms with Crippen LogP contribution in [-0.4, -0.2) is 11.8 Å². The van der Waals surface area contributed by atoms with Gasteiger partial charge in [-0.3, -0.25) is 19.4 Å². The topological polar surface area (TPSA) is 40.6 Å². The summed E-state index contributed by atoms with van der Waals surface area (Å²) in [5, 5.41) is 0.620. The SMILES string of the molecule is O=C1/C(=C/c2ccc(Cl)cc2)C2=C(C(=O)N(c3ccccc3)[C@@H]2c2ccccc2)N1c1ccccc1. The van der Waals surface area contributed by atoms with Crippen LogP contribution in [0.2, 0.25) is 5.02 Å². The lowest BCUT2D eigenvalue weighted by atomic mass is 9.93. The maximum Gasteiger partial charge on any atom is 0.276 e. The lowest BCUT2D eigenvalue weighted by Gasteiger charge is -2.30. The van der Waals surface area contributed by atoms with E-state index < -0.39 is 6.04 Å². The van der Waals surface area contributed by atoms with Crippen LogP contribution in [0.15, 0.2) is 132 Å². The van der Waals surface area contributed by atoms with Crippen LogP contribution in [0, 0.1) is 0 Å². The smallest absolute Gasteiger partial charge is 0.276 e. The zero-order valence-electron chi connectivity index (χ0n) is 19.2. The molecule has 4 nitrogen and oxygen atoms in total. The fraction of sp³-hybridized carbons (Fsp3) is 0.0323. The van der Waals surface area contributed by atoms with Gasteiger partial charge in [-0.05, 0) is 53.6 Å². The Hall–Kier alpha value is -4.41. The number of carbonyl (C=O) groups is 2. The van der Waals surface area contributed by atoms with Gasteiger partial charge in [0.15, 0.2) is 0 Å². The van der Waals surface area contributed by atoms with E-state index in [2.05, 4.69) is 0 Å². The molecule has 0 N–H and O–H groups in total. The van der Waals surface area contributed by atoms with Crippen molar-refractivity contribution in [3.8, 4) is 0 Å². The highest BCUT2D eigenvalue weighted by Crippen LogP contribution is 2.50. The first kappa shape index (κ1) is 22.1. The summed E-state index contributed by atoms with van der Waals surface area (Å²) in [4.78, 5) is 31.5. The molecule has 0 bridgehead atoms. The highest BCUT2D eigenvalue weighted by Gasteiger charge is 2.52. The third kappa shape index (κ3) is 3.63. The van der Waals surface area contributed by atoms with Crippen molar-refractivity contribution in [3.05, 3.63) is 148 Å².